The number of hydrogen-bond acceptors (Lipinski definition) is 3. The largest absolute Gasteiger partial charge is 0.339 e. The Balaban J connectivity index is 1.90. The highest BCUT2D eigenvalue weighted by molar-refractivity contribution is 7.09. The molecule has 1 saturated carbocycles. The average Bonchev–Trinajstić information content (AvgIpc) is 2.85. The van der Waals surface area contributed by atoms with Crippen molar-refractivity contribution in [3.63, 3.8) is 0 Å². The van der Waals surface area contributed by atoms with Crippen LogP contribution < -0.4 is 0 Å². The van der Waals surface area contributed by atoms with Gasteiger partial charge in [-0.15, -0.1) is 11.3 Å². The molecule has 1 aromatic rings. The van der Waals surface area contributed by atoms with Gasteiger partial charge in [-0.25, -0.2) is 4.98 Å². The standard InChI is InChI=1S/C9H12N2OS/c1-11(9(12)7-2-3-7)6-8-10-4-5-13-8/h4-5,7H,2-3,6H2,1H3. The molecule has 1 aliphatic rings. The third-order valence-corrected chi connectivity index (χ3v) is 2.92. The van der Waals surface area contributed by atoms with Crippen LogP contribution in [0.25, 0.3) is 0 Å². The summed E-state index contributed by atoms with van der Waals surface area (Å²) in [6.45, 7) is 0.660. The highest BCUT2D eigenvalue weighted by Crippen LogP contribution is 2.31. The number of carbonyl (C=O) groups excluding carboxylic acids is 1. The minimum Gasteiger partial charge on any atom is -0.339 e. The lowest BCUT2D eigenvalue weighted by molar-refractivity contribution is -0.131. The van der Waals surface area contributed by atoms with E-state index < -0.39 is 0 Å². The van der Waals surface area contributed by atoms with E-state index in [0.29, 0.717) is 12.5 Å². The van der Waals surface area contributed by atoms with Crippen LogP contribution in [0.1, 0.15) is 17.8 Å². The molecule has 0 spiro atoms. The summed E-state index contributed by atoms with van der Waals surface area (Å²) in [6, 6.07) is 0. The van der Waals surface area contributed by atoms with Crippen molar-refractivity contribution in [3.05, 3.63) is 16.6 Å². The normalized spacial score (nSPS) is 15.8. The van der Waals surface area contributed by atoms with Crippen LogP contribution in [0.4, 0.5) is 0 Å². The molecule has 2 rings (SSSR count). The summed E-state index contributed by atoms with van der Waals surface area (Å²) < 4.78 is 0. The molecule has 13 heavy (non-hydrogen) atoms. The summed E-state index contributed by atoms with van der Waals surface area (Å²) in [5.74, 6) is 0.583. The Morgan fingerprint density at radius 1 is 1.77 bits per heavy atom. The van der Waals surface area contributed by atoms with Crippen LogP contribution in [-0.4, -0.2) is 22.8 Å². The number of nitrogens with zero attached hydrogens (tertiary/aromatic N) is 2. The molecule has 70 valence electrons. The lowest BCUT2D eigenvalue weighted by atomic mass is 10.3. The third-order valence-electron chi connectivity index (χ3n) is 2.16. The van der Waals surface area contributed by atoms with Crippen molar-refractivity contribution >= 4 is 17.2 Å². The fourth-order valence-corrected chi connectivity index (χ4v) is 1.92. The molecule has 0 aliphatic heterocycles. The zero-order valence-corrected chi connectivity index (χ0v) is 8.38. The van der Waals surface area contributed by atoms with E-state index in [-0.39, 0.29) is 5.91 Å². The Bertz CT molecular complexity index is 293. The molecule has 0 N–H and O–H groups in total. The monoisotopic (exact) mass is 196 g/mol. The van der Waals surface area contributed by atoms with Crippen molar-refractivity contribution in [1.29, 1.82) is 0 Å². The first-order chi connectivity index (χ1) is 6.27. The highest BCUT2D eigenvalue weighted by atomic mass is 32.1. The molecule has 4 heteroatoms. The van der Waals surface area contributed by atoms with Gasteiger partial charge in [-0.05, 0) is 12.8 Å². The van der Waals surface area contributed by atoms with Crippen molar-refractivity contribution < 1.29 is 4.79 Å². The second kappa shape index (κ2) is 3.46. The van der Waals surface area contributed by atoms with E-state index in [0.717, 1.165) is 17.8 Å². The maximum absolute atomic E-state index is 11.5. The molecule has 0 bridgehead atoms. The number of rotatable bonds is 3. The second-order valence-electron chi connectivity index (χ2n) is 3.39. The first-order valence-corrected chi connectivity index (χ1v) is 5.28. The summed E-state index contributed by atoms with van der Waals surface area (Å²) in [6.07, 6.45) is 3.91. The number of aromatic nitrogens is 1. The summed E-state index contributed by atoms with van der Waals surface area (Å²) >= 11 is 1.60. The van der Waals surface area contributed by atoms with E-state index in [1.807, 2.05) is 12.4 Å². The molecule has 0 atom stereocenters. The van der Waals surface area contributed by atoms with Crippen molar-refractivity contribution in [1.82, 2.24) is 9.88 Å². The van der Waals surface area contributed by atoms with E-state index in [4.69, 9.17) is 0 Å². The maximum Gasteiger partial charge on any atom is 0.225 e. The summed E-state index contributed by atoms with van der Waals surface area (Å²) in [7, 11) is 1.85. The van der Waals surface area contributed by atoms with Crippen molar-refractivity contribution in [3.8, 4) is 0 Å². The van der Waals surface area contributed by atoms with Crippen LogP contribution in [0.2, 0.25) is 0 Å². The fraction of sp³-hybridized carbons (Fsp3) is 0.556. The molecular weight excluding hydrogens is 184 g/mol. The molecule has 1 aliphatic carbocycles. The minimum atomic E-state index is 0.273. The first kappa shape index (κ1) is 8.69. The average molecular weight is 196 g/mol. The van der Waals surface area contributed by atoms with E-state index in [1.165, 1.54) is 0 Å². The lowest BCUT2D eigenvalue weighted by Gasteiger charge is -2.14. The summed E-state index contributed by atoms with van der Waals surface area (Å²) in [4.78, 5) is 17.5. The lowest BCUT2D eigenvalue weighted by Crippen LogP contribution is -2.27. The summed E-state index contributed by atoms with van der Waals surface area (Å²) in [5.41, 5.74) is 0. The van der Waals surface area contributed by atoms with Crippen molar-refractivity contribution in [2.24, 2.45) is 5.92 Å². The second-order valence-corrected chi connectivity index (χ2v) is 4.37. The van der Waals surface area contributed by atoms with Gasteiger partial charge in [0.2, 0.25) is 5.91 Å². The number of amides is 1. The van der Waals surface area contributed by atoms with Crippen molar-refractivity contribution in [2.45, 2.75) is 19.4 Å². The number of carbonyl (C=O) groups is 1. The van der Waals surface area contributed by atoms with Gasteiger partial charge in [0.1, 0.15) is 5.01 Å². The minimum absolute atomic E-state index is 0.273. The molecule has 1 aromatic heterocycles. The van der Waals surface area contributed by atoms with Crippen molar-refractivity contribution in [2.75, 3.05) is 7.05 Å². The van der Waals surface area contributed by atoms with Crippen LogP contribution in [0, 0.1) is 5.92 Å². The topological polar surface area (TPSA) is 33.2 Å². The molecule has 0 saturated heterocycles. The zero-order chi connectivity index (χ0) is 9.26. The van der Waals surface area contributed by atoms with Gasteiger partial charge in [0.15, 0.2) is 0 Å². The van der Waals surface area contributed by atoms with Crippen LogP contribution in [-0.2, 0) is 11.3 Å². The van der Waals surface area contributed by atoms with Crippen LogP contribution >= 0.6 is 11.3 Å². The predicted octanol–water partition coefficient (Wildman–Crippen LogP) is 1.51. The van der Waals surface area contributed by atoms with Crippen LogP contribution in [0.3, 0.4) is 0 Å². The van der Waals surface area contributed by atoms with Gasteiger partial charge in [0.05, 0.1) is 6.54 Å². The first-order valence-electron chi connectivity index (χ1n) is 4.40. The van der Waals surface area contributed by atoms with Gasteiger partial charge in [-0.3, -0.25) is 4.79 Å². The zero-order valence-electron chi connectivity index (χ0n) is 7.56. The van der Waals surface area contributed by atoms with Gasteiger partial charge < -0.3 is 4.90 Å². The quantitative estimate of drug-likeness (QED) is 0.734. The molecular formula is C9H12N2OS. The number of thiazole rings is 1. The molecule has 1 heterocycles. The fourth-order valence-electron chi connectivity index (χ4n) is 1.25. The van der Waals surface area contributed by atoms with E-state index in [2.05, 4.69) is 4.98 Å². The van der Waals surface area contributed by atoms with Crippen LogP contribution in [0.5, 0.6) is 0 Å². The van der Waals surface area contributed by atoms with Gasteiger partial charge in [0, 0.05) is 24.5 Å². The number of hydrogen-bond donors (Lipinski definition) is 0. The smallest absolute Gasteiger partial charge is 0.225 e. The maximum atomic E-state index is 11.5. The molecule has 3 nitrogen and oxygen atoms in total. The summed E-state index contributed by atoms with van der Waals surface area (Å²) in [5, 5.41) is 2.95. The van der Waals surface area contributed by atoms with Gasteiger partial charge in [-0.2, -0.15) is 0 Å². The Morgan fingerprint density at radius 2 is 2.54 bits per heavy atom. The van der Waals surface area contributed by atoms with Gasteiger partial charge in [0.25, 0.3) is 0 Å². The highest BCUT2D eigenvalue weighted by Gasteiger charge is 2.32. The third kappa shape index (κ3) is 2.06. The molecule has 0 aromatic carbocycles. The molecule has 0 radical (unpaired) electrons. The SMILES string of the molecule is CN(Cc1nccs1)C(=O)C1CC1. The van der Waals surface area contributed by atoms with Crippen LogP contribution in [0.15, 0.2) is 11.6 Å². The van der Waals surface area contributed by atoms with Gasteiger partial charge >= 0.3 is 0 Å². The van der Waals surface area contributed by atoms with E-state index >= 15 is 0 Å². The Kier molecular flexibility index (Phi) is 2.31. The Labute approximate surface area is 81.4 Å². The Morgan fingerprint density at radius 3 is 3.08 bits per heavy atom. The van der Waals surface area contributed by atoms with E-state index in [1.54, 1.807) is 22.4 Å². The van der Waals surface area contributed by atoms with Gasteiger partial charge in [-0.1, -0.05) is 0 Å². The molecule has 1 amide bonds. The Hall–Kier alpha value is -0.900. The molecule has 1 fully saturated rings. The molecule has 0 unspecified atom stereocenters. The predicted molar refractivity (Wildman–Crippen MR) is 51.3 cm³/mol. The van der Waals surface area contributed by atoms with E-state index in [9.17, 15) is 4.79 Å².